The van der Waals surface area contributed by atoms with Gasteiger partial charge in [-0.2, -0.15) is 4.31 Å². The number of piperazine rings is 1. The molecule has 8 nitrogen and oxygen atoms in total. The molecule has 1 aliphatic carbocycles. The summed E-state index contributed by atoms with van der Waals surface area (Å²) < 4.78 is 51.3. The van der Waals surface area contributed by atoms with Gasteiger partial charge in [0.2, 0.25) is 15.9 Å². The first-order valence-electron chi connectivity index (χ1n) is 12.1. The molecule has 1 aromatic rings. The minimum atomic E-state index is -3.54. The number of rotatable bonds is 4. The Bertz CT molecular complexity index is 1120. The predicted molar refractivity (Wildman–Crippen MR) is 125 cm³/mol. The van der Waals surface area contributed by atoms with E-state index in [4.69, 9.17) is 0 Å². The number of hydrogen-bond donors (Lipinski definition) is 0. The number of nitrogens with zero attached hydrogens (tertiary/aromatic N) is 3. The Hall–Kier alpha value is -1.49. The van der Waals surface area contributed by atoms with Gasteiger partial charge in [0.25, 0.3) is 0 Å². The van der Waals surface area contributed by atoms with Crippen LogP contribution < -0.4 is 0 Å². The average molecular weight is 496 g/mol. The zero-order valence-corrected chi connectivity index (χ0v) is 20.6. The molecule has 0 radical (unpaired) electrons. The van der Waals surface area contributed by atoms with Gasteiger partial charge in [0.05, 0.1) is 16.4 Å². The number of fused-ring (bicyclic) bond motifs is 1. The van der Waals surface area contributed by atoms with Crippen LogP contribution in [0, 0.1) is 5.92 Å². The van der Waals surface area contributed by atoms with Crippen molar-refractivity contribution in [3.05, 3.63) is 29.3 Å². The lowest BCUT2D eigenvalue weighted by molar-refractivity contribution is -0.138. The van der Waals surface area contributed by atoms with E-state index in [1.165, 1.54) is 9.87 Å². The molecule has 5 rings (SSSR count). The Morgan fingerprint density at radius 1 is 0.909 bits per heavy atom. The Balaban J connectivity index is 1.14. The number of hydrogen-bond acceptors (Lipinski definition) is 6. The monoisotopic (exact) mass is 495 g/mol. The molecule has 182 valence electrons. The maximum atomic E-state index is 13.1. The summed E-state index contributed by atoms with van der Waals surface area (Å²) in [5.74, 6) is 0.573. The molecule has 3 aliphatic heterocycles. The molecule has 1 unspecified atom stereocenters. The molecule has 10 heteroatoms. The third-order valence-electron chi connectivity index (χ3n) is 7.86. The number of likely N-dealkylation sites (tertiary alicyclic amines) is 1. The van der Waals surface area contributed by atoms with Crippen LogP contribution >= 0.6 is 0 Å². The van der Waals surface area contributed by atoms with Gasteiger partial charge in [-0.25, -0.2) is 16.8 Å². The lowest BCUT2D eigenvalue weighted by Crippen LogP contribution is -2.53. The van der Waals surface area contributed by atoms with Crippen LogP contribution in [0.3, 0.4) is 0 Å². The van der Waals surface area contributed by atoms with Crippen LogP contribution in [0.1, 0.15) is 36.8 Å². The maximum Gasteiger partial charge on any atom is 0.243 e. The fourth-order valence-electron chi connectivity index (χ4n) is 5.84. The van der Waals surface area contributed by atoms with Crippen molar-refractivity contribution in [2.75, 3.05) is 50.8 Å². The van der Waals surface area contributed by atoms with Gasteiger partial charge < -0.3 is 4.90 Å². The second-order valence-electron chi connectivity index (χ2n) is 9.88. The zero-order valence-electron chi connectivity index (χ0n) is 19.0. The van der Waals surface area contributed by atoms with Gasteiger partial charge in [0.15, 0.2) is 9.84 Å². The molecule has 3 heterocycles. The number of carbonyl (C=O) groups is 1. The number of aryl methyl sites for hydroxylation is 2. The van der Waals surface area contributed by atoms with Gasteiger partial charge in [-0.3, -0.25) is 9.69 Å². The molecule has 0 N–H and O–H groups in total. The number of piperidine rings is 1. The van der Waals surface area contributed by atoms with E-state index in [0.29, 0.717) is 37.5 Å². The van der Waals surface area contributed by atoms with Crippen molar-refractivity contribution in [1.29, 1.82) is 0 Å². The molecule has 0 spiro atoms. The minimum Gasteiger partial charge on any atom is -0.340 e. The first-order chi connectivity index (χ1) is 15.7. The van der Waals surface area contributed by atoms with Gasteiger partial charge >= 0.3 is 0 Å². The average Bonchev–Trinajstić information content (AvgIpc) is 3.44. The first kappa shape index (κ1) is 23.3. The van der Waals surface area contributed by atoms with E-state index in [2.05, 4.69) is 4.90 Å². The topological polar surface area (TPSA) is 95.1 Å². The summed E-state index contributed by atoms with van der Waals surface area (Å²) in [6, 6.07) is 5.60. The van der Waals surface area contributed by atoms with E-state index >= 15 is 0 Å². The highest BCUT2D eigenvalue weighted by Gasteiger charge is 2.37. The molecule has 4 aliphatic rings. The van der Waals surface area contributed by atoms with Crippen LogP contribution in [0.15, 0.2) is 23.1 Å². The summed E-state index contributed by atoms with van der Waals surface area (Å²) in [6.07, 6.45) is 5.22. The van der Waals surface area contributed by atoms with Crippen molar-refractivity contribution in [2.24, 2.45) is 5.92 Å². The van der Waals surface area contributed by atoms with Gasteiger partial charge in [-0.15, -0.1) is 0 Å². The maximum absolute atomic E-state index is 13.1. The third-order valence-corrected chi connectivity index (χ3v) is 11.5. The summed E-state index contributed by atoms with van der Waals surface area (Å²) >= 11 is 0. The normalized spacial score (nSPS) is 27.0. The molecule has 3 saturated heterocycles. The van der Waals surface area contributed by atoms with Crippen LogP contribution in [0.4, 0.5) is 0 Å². The van der Waals surface area contributed by atoms with E-state index in [-0.39, 0.29) is 29.4 Å². The lowest BCUT2D eigenvalue weighted by Gasteiger charge is -2.39. The molecule has 1 amide bonds. The Morgan fingerprint density at radius 3 is 2.27 bits per heavy atom. The third kappa shape index (κ3) is 4.72. The Morgan fingerprint density at radius 2 is 1.61 bits per heavy atom. The van der Waals surface area contributed by atoms with Gasteiger partial charge in [0, 0.05) is 38.1 Å². The molecule has 0 bridgehead atoms. The van der Waals surface area contributed by atoms with Crippen LogP contribution in [-0.2, 0) is 37.5 Å². The predicted octanol–water partition coefficient (Wildman–Crippen LogP) is 0.907. The highest BCUT2D eigenvalue weighted by molar-refractivity contribution is 7.91. The van der Waals surface area contributed by atoms with E-state index < -0.39 is 19.9 Å². The smallest absolute Gasteiger partial charge is 0.243 e. The molecule has 1 atom stereocenters. The fraction of sp³-hybridized carbons (Fsp3) is 0.696. The summed E-state index contributed by atoms with van der Waals surface area (Å²) in [5, 5.41) is 0. The summed E-state index contributed by atoms with van der Waals surface area (Å²) in [6.45, 7) is 2.99. The molecule has 3 fully saturated rings. The standard InChI is InChI=1S/C23H33N3O5S2/c27-23(19-6-9-24(10-7-19)21-8-15-32(28,29)17-21)25-11-13-26(14-12-25)33(30,31)22-5-4-18-2-1-3-20(18)16-22/h4-5,16,19,21H,1-3,6-15,17H2. The molecule has 0 saturated carbocycles. The van der Waals surface area contributed by atoms with Crippen molar-refractivity contribution < 1.29 is 21.6 Å². The minimum absolute atomic E-state index is 0.0564. The highest BCUT2D eigenvalue weighted by Crippen LogP contribution is 2.28. The van der Waals surface area contributed by atoms with Crippen molar-refractivity contribution in [3.8, 4) is 0 Å². The van der Waals surface area contributed by atoms with Gasteiger partial charge in [-0.1, -0.05) is 6.07 Å². The number of sulfonamides is 1. The van der Waals surface area contributed by atoms with Crippen molar-refractivity contribution in [3.63, 3.8) is 0 Å². The quantitative estimate of drug-likeness (QED) is 0.616. The molecule has 1 aromatic carbocycles. The van der Waals surface area contributed by atoms with Gasteiger partial charge in [0.1, 0.15) is 0 Å². The largest absolute Gasteiger partial charge is 0.340 e. The first-order valence-corrected chi connectivity index (χ1v) is 15.3. The SMILES string of the molecule is O=C(C1CCN(C2CCS(=O)(=O)C2)CC1)N1CCN(S(=O)(=O)c2ccc3c(c2)CCC3)CC1. The molecule has 33 heavy (non-hydrogen) atoms. The molecule has 0 aromatic heterocycles. The van der Waals surface area contributed by atoms with E-state index in [1.54, 1.807) is 6.07 Å². The van der Waals surface area contributed by atoms with E-state index in [1.807, 2.05) is 17.0 Å². The fourth-order valence-corrected chi connectivity index (χ4v) is 9.07. The molecular weight excluding hydrogens is 462 g/mol. The second kappa shape index (κ2) is 8.94. The summed E-state index contributed by atoms with van der Waals surface area (Å²) in [4.78, 5) is 17.5. The number of carbonyl (C=O) groups excluding carboxylic acids is 1. The summed E-state index contributed by atoms with van der Waals surface area (Å²) in [5.41, 5.74) is 2.40. The number of amides is 1. The number of sulfone groups is 1. The van der Waals surface area contributed by atoms with E-state index in [0.717, 1.165) is 50.8 Å². The second-order valence-corrected chi connectivity index (χ2v) is 14.0. The van der Waals surface area contributed by atoms with Crippen LogP contribution in [0.5, 0.6) is 0 Å². The van der Waals surface area contributed by atoms with Gasteiger partial charge in [-0.05, 0) is 74.9 Å². The zero-order chi connectivity index (χ0) is 23.2. The Kier molecular flexibility index (Phi) is 6.30. The van der Waals surface area contributed by atoms with Crippen LogP contribution in [0.2, 0.25) is 0 Å². The van der Waals surface area contributed by atoms with Crippen molar-refractivity contribution in [1.82, 2.24) is 14.1 Å². The molecular formula is C23H33N3O5S2. The van der Waals surface area contributed by atoms with E-state index in [9.17, 15) is 21.6 Å². The Labute approximate surface area is 196 Å². The summed E-state index contributed by atoms with van der Waals surface area (Å²) in [7, 11) is -6.45. The lowest BCUT2D eigenvalue weighted by atomic mass is 9.94. The number of benzene rings is 1. The van der Waals surface area contributed by atoms with Crippen LogP contribution in [-0.4, -0.2) is 93.7 Å². The highest BCUT2D eigenvalue weighted by atomic mass is 32.2. The van der Waals surface area contributed by atoms with Crippen LogP contribution in [0.25, 0.3) is 0 Å². The van der Waals surface area contributed by atoms with Crippen molar-refractivity contribution in [2.45, 2.75) is 49.5 Å². The van der Waals surface area contributed by atoms with Crippen molar-refractivity contribution >= 4 is 25.8 Å².